The summed E-state index contributed by atoms with van der Waals surface area (Å²) in [6, 6.07) is 0. The molecule has 0 radical (unpaired) electrons. The van der Waals surface area contributed by atoms with Crippen molar-refractivity contribution >= 4 is 11.8 Å². The fourth-order valence-corrected chi connectivity index (χ4v) is 3.97. The molecule has 1 aliphatic heterocycles. The van der Waals surface area contributed by atoms with Crippen molar-refractivity contribution in [3.05, 3.63) is 0 Å². The van der Waals surface area contributed by atoms with Crippen LogP contribution in [0.25, 0.3) is 0 Å². The molecule has 2 rings (SSSR count). The van der Waals surface area contributed by atoms with Gasteiger partial charge in [0.2, 0.25) is 11.8 Å². The lowest BCUT2D eigenvalue weighted by Gasteiger charge is -2.38. The van der Waals surface area contributed by atoms with Crippen molar-refractivity contribution in [3.8, 4) is 0 Å². The molecule has 1 saturated heterocycles. The monoisotopic (exact) mass is 325 g/mol. The first-order chi connectivity index (χ1) is 11.1. The van der Waals surface area contributed by atoms with E-state index in [9.17, 15) is 9.59 Å². The molecule has 6 nitrogen and oxygen atoms in total. The van der Waals surface area contributed by atoms with Crippen LogP contribution in [-0.4, -0.2) is 56.6 Å². The van der Waals surface area contributed by atoms with Crippen LogP contribution in [0.15, 0.2) is 0 Å². The van der Waals surface area contributed by atoms with E-state index in [1.54, 1.807) is 7.11 Å². The molecular formula is C17H31N3O3. The number of nitrogens with one attached hydrogen (secondary N) is 1. The highest BCUT2D eigenvalue weighted by molar-refractivity contribution is 5.85. The van der Waals surface area contributed by atoms with Crippen molar-refractivity contribution in [1.29, 1.82) is 0 Å². The second-order valence-electron chi connectivity index (χ2n) is 6.90. The minimum Gasteiger partial charge on any atom is -0.385 e. The molecule has 23 heavy (non-hydrogen) atoms. The molecule has 1 atom stereocenters. The zero-order valence-corrected chi connectivity index (χ0v) is 14.3. The summed E-state index contributed by atoms with van der Waals surface area (Å²) in [6.07, 6.45) is 6.68. The summed E-state index contributed by atoms with van der Waals surface area (Å²) in [7, 11) is 1.69. The normalized spacial score (nSPS) is 23.7. The Kier molecular flexibility index (Phi) is 6.84. The Morgan fingerprint density at radius 2 is 2.04 bits per heavy atom. The summed E-state index contributed by atoms with van der Waals surface area (Å²) in [5, 5.41) is 2.85. The van der Waals surface area contributed by atoms with Crippen molar-refractivity contribution in [1.82, 2.24) is 10.2 Å². The van der Waals surface area contributed by atoms with E-state index in [0.29, 0.717) is 26.2 Å². The van der Waals surface area contributed by atoms with Crippen molar-refractivity contribution in [2.24, 2.45) is 17.1 Å². The zero-order chi connectivity index (χ0) is 16.7. The third kappa shape index (κ3) is 4.44. The number of carbonyl (C=O) groups is 2. The molecule has 3 N–H and O–H groups in total. The molecule has 0 spiro atoms. The molecule has 0 aromatic carbocycles. The standard InChI is InChI=1S/C17H31N3O3/c1-23-12-8-17(6-2-3-7-17)16(22)20-11-4-5-14(13-20)15(21)19-10-9-18/h14H,2-13,18H2,1H3,(H,19,21). The number of nitrogens with two attached hydrogens (primary N) is 1. The van der Waals surface area contributed by atoms with Crippen molar-refractivity contribution in [2.75, 3.05) is 39.9 Å². The van der Waals surface area contributed by atoms with Crippen LogP contribution >= 0.6 is 0 Å². The van der Waals surface area contributed by atoms with Crippen LogP contribution in [0.2, 0.25) is 0 Å². The molecule has 1 unspecified atom stereocenters. The first kappa shape index (κ1) is 18.2. The maximum absolute atomic E-state index is 13.1. The number of ether oxygens (including phenoxy) is 1. The van der Waals surface area contributed by atoms with Crippen LogP contribution in [0.5, 0.6) is 0 Å². The molecular weight excluding hydrogens is 294 g/mol. The zero-order valence-electron chi connectivity index (χ0n) is 14.3. The molecule has 1 heterocycles. The van der Waals surface area contributed by atoms with E-state index in [-0.39, 0.29) is 23.1 Å². The van der Waals surface area contributed by atoms with Gasteiger partial charge in [-0.2, -0.15) is 0 Å². The van der Waals surface area contributed by atoms with Gasteiger partial charge in [-0.1, -0.05) is 12.8 Å². The summed E-state index contributed by atoms with van der Waals surface area (Å²) in [5.74, 6) is 0.175. The fourth-order valence-electron chi connectivity index (χ4n) is 3.97. The fraction of sp³-hybridized carbons (Fsp3) is 0.882. The average molecular weight is 325 g/mol. The van der Waals surface area contributed by atoms with Crippen LogP contribution < -0.4 is 11.1 Å². The predicted octanol–water partition coefficient (Wildman–Crippen LogP) is 0.897. The predicted molar refractivity (Wildman–Crippen MR) is 88.8 cm³/mol. The van der Waals surface area contributed by atoms with Gasteiger partial charge in [-0.3, -0.25) is 9.59 Å². The number of piperidine rings is 1. The van der Waals surface area contributed by atoms with Gasteiger partial charge in [-0.05, 0) is 32.1 Å². The molecule has 2 amide bonds. The third-order valence-corrected chi connectivity index (χ3v) is 5.32. The molecule has 2 aliphatic rings. The van der Waals surface area contributed by atoms with E-state index < -0.39 is 0 Å². The summed E-state index contributed by atoms with van der Waals surface area (Å²) >= 11 is 0. The number of likely N-dealkylation sites (tertiary alicyclic amines) is 1. The molecule has 6 heteroatoms. The Morgan fingerprint density at radius 1 is 1.30 bits per heavy atom. The smallest absolute Gasteiger partial charge is 0.228 e. The summed E-state index contributed by atoms with van der Waals surface area (Å²) < 4.78 is 5.22. The van der Waals surface area contributed by atoms with Gasteiger partial charge in [0.25, 0.3) is 0 Å². The largest absolute Gasteiger partial charge is 0.385 e. The lowest BCUT2D eigenvalue weighted by Crippen LogP contribution is -2.50. The summed E-state index contributed by atoms with van der Waals surface area (Å²) in [6.45, 7) is 2.89. The number of carbonyl (C=O) groups excluding carboxylic acids is 2. The molecule has 0 aromatic heterocycles. The Balaban J connectivity index is 1.98. The number of hydrogen-bond acceptors (Lipinski definition) is 4. The van der Waals surface area contributed by atoms with E-state index in [0.717, 1.165) is 51.5 Å². The van der Waals surface area contributed by atoms with Crippen LogP contribution in [0, 0.1) is 11.3 Å². The topological polar surface area (TPSA) is 84.7 Å². The van der Waals surface area contributed by atoms with Gasteiger partial charge in [0.1, 0.15) is 0 Å². The molecule has 1 aliphatic carbocycles. The van der Waals surface area contributed by atoms with E-state index in [2.05, 4.69) is 5.32 Å². The Morgan fingerprint density at radius 3 is 2.70 bits per heavy atom. The summed E-state index contributed by atoms with van der Waals surface area (Å²) in [5.41, 5.74) is 5.18. The third-order valence-electron chi connectivity index (χ3n) is 5.32. The molecule has 1 saturated carbocycles. The number of rotatable bonds is 7. The lowest BCUT2D eigenvalue weighted by atomic mass is 9.80. The van der Waals surface area contributed by atoms with Gasteiger partial charge in [0, 0.05) is 39.9 Å². The number of amides is 2. The molecule has 132 valence electrons. The van der Waals surface area contributed by atoms with E-state index in [4.69, 9.17) is 10.5 Å². The average Bonchev–Trinajstić information content (AvgIpc) is 3.07. The Hall–Kier alpha value is -1.14. The van der Waals surface area contributed by atoms with Crippen LogP contribution in [-0.2, 0) is 14.3 Å². The van der Waals surface area contributed by atoms with Gasteiger partial charge < -0.3 is 20.7 Å². The highest BCUT2D eigenvalue weighted by atomic mass is 16.5. The second kappa shape index (κ2) is 8.64. The van der Waals surface area contributed by atoms with Gasteiger partial charge in [0.15, 0.2) is 0 Å². The number of nitrogens with zero attached hydrogens (tertiary/aromatic N) is 1. The highest BCUT2D eigenvalue weighted by Gasteiger charge is 2.44. The van der Waals surface area contributed by atoms with Crippen molar-refractivity contribution in [2.45, 2.75) is 44.9 Å². The maximum atomic E-state index is 13.1. The van der Waals surface area contributed by atoms with Crippen LogP contribution in [0.4, 0.5) is 0 Å². The minimum atomic E-state index is -0.258. The number of hydrogen-bond donors (Lipinski definition) is 2. The number of methoxy groups -OCH3 is 1. The van der Waals surface area contributed by atoms with Gasteiger partial charge in [-0.25, -0.2) is 0 Å². The van der Waals surface area contributed by atoms with E-state index in [1.165, 1.54) is 0 Å². The van der Waals surface area contributed by atoms with Gasteiger partial charge in [0.05, 0.1) is 11.3 Å². The highest BCUT2D eigenvalue weighted by Crippen LogP contribution is 2.43. The van der Waals surface area contributed by atoms with E-state index in [1.807, 2.05) is 4.90 Å². The second-order valence-corrected chi connectivity index (χ2v) is 6.90. The van der Waals surface area contributed by atoms with Crippen molar-refractivity contribution < 1.29 is 14.3 Å². The SMILES string of the molecule is COCCC1(C(=O)N2CCCC(C(=O)NCCN)C2)CCCC1. The van der Waals surface area contributed by atoms with Gasteiger partial charge >= 0.3 is 0 Å². The Bertz CT molecular complexity index is 408. The molecule has 0 bridgehead atoms. The molecule has 0 aromatic rings. The van der Waals surface area contributed by atoms with E-state index >= 15 is 0 Å². The minimum absolute atomic E-state index is 0.0327. The van der Waals surface area contributed by atoms with Crippen LogP contribution in [0.3, 0.4) is 0 Å². The first-order valence-electron chi connectivity index (χ1n) is 8.89. The van der Waals surface area contributed by atoms with Gasteiger partial charge in [-0.15, -0.1) is 0 Å². The summed E-state index contributed by atoms with van der Waals surface area (Å²) in [4.78, 5) is 27.2. The lowest BCUT2D eigenvalue weighted by molar-refractivity contribution is -0.146. The first-order valence-corrected chi connectivity index (χ1v) is 8.89. The van der Waals surface area contributed by atoms with Crippen LogP contribution in [0.1, 0.15) is 44.9 Å². The quantitative estimate of drug-likeness (QED) is 0.728. The molecule has 2 fully saturated rings. The Labute approximate surface area is 139 Å². The van der Waals surface area contributed by atoms with Crippen molar-refractivity contribution in [3.63, 3.8) is 0 Å². The maximum Gasteiger partial charge on any atom is 0.228 e.